The van der Waals surface area contributed by atoms with Crippen LogP contribution in [-0.4, -0.2) is 29.9 Å². The Balaban J connectivity index is 0.00000196. The van der Waals surface area contributed by atoms with E-state index >= 15 is 0 Å². The van der Waals surface area contributed by atoms with E-state index in [4.69, 9.17) is 5.11 Å². The summed E-state index contributed by atoms with van der Waals surface area (Å²) in [7, 11) is 0. The molecule has 78 valence electrons. The van der Waals surface area contributed by atoms with Gasteiger partial charge in [-0.2, -0.15) is 0 Å². The van der Waals surface area contributed by atoms with Gasteiger partial charge >= 0.3 is 24.8 Å². The van der Waals surface area contributed by atoms with Crippen molar-refractivity contribution >= 4 is 40.8 Å². The summed E-state index contributed by atoms with van der Waals surface area (Å²) in [6.45, 7) is 6.17. The Bertz CT molecular complexity index is 369. The molecule has 0 amide bonds. The van der Waals surface area contributed by atoms with E-state index in [1.54, 1.807) is 12.1 Å². The topological polar surface area (TPSA) is 37.3 Å². The van der Waals surface area contributed by atoms with E-state index in [2.05, 4.69) is 36.7 Å². The van der Waals surface area contributed by atoms with Crippen molar-refractivity contribution in [2.45, 2.75) is 26.2 Å². The fourth-order valence-electron chi connectivity index (χ4n) is 1.15. The van der Waals surface area contributed by atoms with Crippen molar-refractivity contribution in [2.75, 3.05) is 0 Å². The van der Waals surface area contributed by atoms with Gasteiger partial charge in [-0.05, 0) is 29.2 Å². The van der Waals surface area contributed by atoms with Gasteiger partial charge in [0.1, 0.15) is 0 Å². The Hall–Kier alpha value is -0.233. The summed E-state index contributed by atoms with van der Waals surface area (Å²) in [5, 5.41) is 8.88. The minimum atomic E-state index is -0.892. The van der Waals surface area contributed by atoms with Crippen LogP contribution < -0.4 is 0 Å². The predicted octanol–water partition coefficient (Wildman–Crippen LogP) is 2.80. The van der Waals surface area contributed by atoms with Gasteiger partial charge in [0.2, 0.25) is 0 Å². The number of halogens is 1. The molecular formula is C11H14BrLiO2. The van der Waals surface area contributed by atoms with Crippen molar-refractivity contribution in [1.29, 1.82) is 0 Å². The molecule has 1 aromatic rings. The molecular weight excluding hydrogens is 251 g/mol. The van der Waals surface area contributed by atoms with Gasteiger partial charge in [-0.1, -0.05) is 36.7 Å². The van der Waals surface area contributed by atoms with Crippen molar-refractivity contribution in [3.63, 3.8) is 0 Å². The van der Waals surface area contributed by atoms with Crippen LogP contribution in [0.2, 0.25) is 0 Å². The van der Waals surface area contributed by atoms with Crippen molar-refractivity contribution in [1.82, 2.24) is 0 Å². The van der Waals surface area contributed by atoms with Crippen molar-refractivity contribution in [3.8, 4) is 0 Å². The van der Waals surface area contributed by atoms with Gasteiger partial charge in [-0.25, -0.2) is 4.79 Å². The van der Waals surface area contributed by atoms with Gasteiger partial charge in [-0.3, -0.25) is 0 Å². The van der Waals surface area contributed by atoms with E-state index in [1.807, 2.05) is 6.07 Å². The van der Waals surface area contributed by atoms with Crippen LogP contribution in [0.3, 0.4) is 0 Å². The zero-order valence-electron chi connectivity index (χ0n) is 8.47. The van der Waals surface area contributed by atoms with Crippen molar-refractivity contribution in [3.05, 3.63) is 33.8 Å². The van der Waals surface area contributed by atoms with E-state index < -0.39 is 5.97 Å². The fourth-order valence-corrected chi connectivity index (χ4v) is 1.64. The molecule has 0 unspecified atom stereocenters. The molecule has 1 aromatic carbocycles. The zero-order chi connectivity index (χ0) is 10.9. The third kappa shape index (κ3) is 4.02. The Morgan fingerprint density at radius 2 is 1.80 bits per heavy atom. The molecule has 2 nitrogen and oxygen atoms in total. The Kier molecular flexibility index (Phi) is 5.12. The van der Waals surface area contributed by atoms with E-state index in [-0.39, 0.29) is 24.3 Å². The van der Waals surface area contributed by atoms with Crippen LogP contribution in [0.15, 0.2) is 22.7 Å². The number of rotatable bonds is 1. The first-order chi connectivity index (χ1) is 6.30. The molecule has 4 heteroatoms. The summed E-state index contributed by atoms with van der Waals surface area (Å²) in [4.78, 5) is 10.8. The summed E-state index contributed by atoms with van der Waals surface area (Å²) < 4.78 is 0.808. The molecule has 0 heterocycles. The van der Waals surface area contributed by atoms with Crippen LogP contribution in [0, 0.1) is 0 Å². The molecule has 0 aromatic heterocycles. The molecule has 0 aliphatic heterocycles. The number of hydrogen-bond acceptors (Lipinski definition) is 1. The summed E-state index contributed by atoms with van der Waals surface area (Å²) in [6.07, 6.45) is 0. The maximum atomic E-state index is 10.8. The third-order valence-electron chi connectivity index (χ3n) is 2.01. The van der Waals surface area contributed by atoms with Crippen LogP contribution in [0.5, 0.6) is 0 Å². The second-order valence-corrected chi connectivity index (χ2v) is 5.20. The molecule has 0 radical (unpaired) electrons. The summed E-state index contributed by atoms with van der Waals surface area (Å²) in [5.41, 5.74) is 1.31. The number of carboxylic acid groups (broad SMARTS) is 1. The monoisotopic (exact) mass is 264 g/mol. The van der Waals surface area contributed by atoms with Gasteiger partial charge in [0, 0.05) is 4.47 Å². The van der Waals surface area contributed by atoms with E-state index in [9.17, 15) is 4.79 Å². The standard InChI is InChI=1S/C11H13BrO2.Li.H/c1-11(2,3)8-4-7(10(13)14)5-9(12)6-8;;/h4-6H,1-3H3,(H,13,14);;. The van der Waals surface area contributed by atoms with Crippen LogP contribution in [-0.2, 0) is 5.41 Å². The molecule has 1 N–H and O–H groups in total. The number of hydrogen-bond donors (Lipinski definition) is 1. The molecule has 0 fully saturated rings. The van der Waals surface area contributed by atoms with E-state index in [0.717, 1.165) is 10.0 Å². The predicted molar refractivity (Wildman–Crippen MR) is 67.0 cm³/mol. The molecule has 0 saturated carbocycles. The number of aromatic carboxylic acids is 1. The summed E-state index contributed by atoms with van der Waals surface area (Å²) in [6, 6.07) is 5.27. The van der Waals surface area contributed by atoms with Gasteiger partial charge in [-0.15, -0.1) is 0 Å². The first-order valence-electron chi connectivity index (χ1n) is 4.35. The van der Waals surface area contributed by atoms with Crippen LogP contribution >= 0.6 is 15.9 Å². The second-order valence-electron chi connectivity index (χ2n) is 4.28. The average Bonchev–Trinajstić information content (AvgIpc) is 2.01. The van der Waals surface area contributed by atoms with Crippen LogP contribution in [0.1, 0.15) is 36.7 Å². The Morgan fingerprint density at radius 1 is 1.27 bits per heavy atom. The fraction of sp³-hybridized carbons (Fsp3) is 0.364. The van der Waals surface area contributed by atoms with Crippen LogP contribution in [0.25, 0.3) is 0 Å². The zero-order valence-corrected chi connectivity index (χ0v) is 10.1. The minimum absolute atomic E-state index is 0. The molecule has 0 aliphatic rings. The molecule has 1 rings (SSSR count). The maximum absolute atomic E-state index is 10.8. The normalized spacial score (nSPS) is 10.7. The van der Waals surface area contributed by atoms with Gasteiger partial charge < -0.3 is 5.11 Å². The molecule has 0 atom stereocenters. The van der Waals surface area contributed by atoms with Crippen molar-refractivity contribution < 1.29 is 9.90 Å². The average molecular weight is 265 g/mol. The second kappa shape index (κ2) is 5.20. The number of carboxylic acids is 1. The first-order valence-corrected chi connectivity index (χ1v) is 5.14. The molecule has 0 aliphatic carbocycles. The SMILES string of the molecule is CC(C)(C)c1cc(Br)cc(C(=O)O)c1.[LiH]. The van der Waals surface area contributed by atoms with Crippen LogP contribution in [0.4, 0.5) is 0 Å². The third-order valence-corrected chi connectivity index (χ3v) is 2.47. The first kappa shape index (κ1) is 14.8. The summed E-state index contributed by atoms with van der Waals surface area (Å²) in [5.74, 6) is -0.892. The number of carbonyl (C=O) groups is 1. The Labute approximate surface area is 110 Å². The molecule has 15 heavy (non-hydrogen) atoms. The van der Waals surface area contributed by atoms with Crippen molar-refractivity contribution in [2.24, 2.45) is 0 Å². The van der Waals surface area contributed by atoms with E-state index in [1.165, 1.54) is 0 Å². The van der Waals surface area contributed by atoms with E-state index in [0.29, 0.717) is 5.56 Å². The van der Waals surface area contributed by atoms with Gasteiger partial charge in [0.15, 0.2) is 0 Å². The van der Waals surface area contributed by atoms with Gasteiger partial charge in [0.25, 0.3) is 0 Å². The number of benzene rings is 1. The quantitative estimate of drug-likeness (QED) is 0.793. The molecule has 0 saturated heterocycles. The van der Waals surface area contributed by atoms with Gasteiger partial charge in [0.05, 0.1) is 5.56 Å². The Morgan fingerprint density at radius 3 is 2.20 bits per heavy atom. The summed E-state index contributed by atoms with van der Waals surface area (Å²) >= 11 is 3.31. The molecule has 0 bridgehead atoms. The molecule has 0 spiro atoms.